The third-order valence-electron chi connectivity index (χ3n) is 2.63. The van der Waals surface area contributed by atoms with E-state index in [2.05, 4.69) is 61.5 Å². The SMILES string of the molecule is ClCC(Cc1sccc1Br)c1cccc(Br)c1. The summed E-state index contributed by atoms with van der Waals surface area (Å²) in [7, 11) is 0. The van der Waals surface area contributed by atoms with E-state index in [1.54, 1.807) is 11.3 Å². The Labute approximate surface area is 127 Å². The van der Waals surface area contributed by atoms with Gasteiger partial charge >= 0.3 is 0 Å². The number of alkyl halides is 1. The quantitative estimate of drug-likeness (QED) is 0.572. The van der Waals surface area contributed by atoms with E-state index in [9.17, 15) is 0 Å². The summed E-state index contributed by atoms with van der Waals surface area (Å²) in [6, 6.07) is 10.5. The molecule has 2 aromatic rings. The zero-order chi connectivity index (χ0) is 12.3. The molecule has 1 aromatic carbocycles. The summed E-state index contributed by atoms with van der Waals surface area (Å²) in [6.07, 6.45) is 0.984. The molecule has 4 heteroatoms. The molecule has 0 fully saturated rings. The van der Waals surface area contributed by atoms with E-state index in [-0.39, 0.29) is 0 Å². The number of rotatable bonds is 4. The van der Waals surface area contributed by atoms with Gasteiger partial charge in [0, 0.05) is 25.6 Å². The second kappa shape index (κ2) is 6.37. The average molecular weight is 395 g/mol. The van der Waals surface area contributed by atoms with Gasteiger partial charge in [-0.1, -0.05) is 28.1 Å². The summed E-state index contributed by atoms with van der Waals surface area (Å²) >= 11 is 14.9. The molecule has 0 spiro atoms. The molecule has 0 radical (unpaired) electrons. The molecule has 0 nitrogen and oxygen atoms in total. The van der Waals surface area contributed by atoms with Crippen molar-refractivity contribution in [2.24, 2.45) is 0 Å². The van der Waals surface area contributed by atoms with Gasteiger partial charge in [0.05, 0.1) is 0 Å². The number of benzene rings is 1. The first-order chi connectivity index (χ1) is 8.20. The zero-order valence-corrected chi connectivity index (χ0v) is 13.7. The van der Waals surface area contributed by atoms with Crippen LogP contribution in [0.3, 0.4) is 0 Å². The maximum Gasteiger partial charge on any atom is 0.0314 e. The fourth-order valence-electron chi connectivity index (χ4n) is 1.72. The van der Waals surface area contributed by atoms with Gasteiger partial charge in [-0.2, -0.15) is 0 Å². The molecule has 0 saturated heterocycles. The van der Waals surface area contributed by atoms with Crippen molar-refractivity contribution in [3.8, 4) is 0 Å². The van der Waals surface area contributed by atoms with Crippen LogP contribution in [0.5, 0.6) is 0 Å². The van der Waals surface area contributed by atoms with Crippen molar-refractivity contribution in [3.05, 3.63) is 55.1 Å². The molecule has 0 amide bonds. The second-order valence-corrected chi connectivity index (χ2v) is 6.88. The highest BCUT2D eigenvalue weighted by atomic mass is 79.9. The van der Waals surface area contributed by atoms with Gasteiger partial charge in [-0.3, -0.25) is 0 Å². The standard InChI is InChI=1S/C13H11Br2ClS/c14-11-3-1-2-9(6-11)10(8-16)7-13-12(15)4-5-17-13/h1-6,10H,7-8H2. The highest BCUT2D eigenvalue weighted by molar-refractivity contribution is 9.10. The fourth-order valence-corrected chi connectivity index (χ4v) is 4.02. The van der Waals surface area contributed by atoms with Crippen molar-refractivity contribution >= 4 is 54.8 Å². The van der Waals surface area contributed by atoms with Crippen LogP contribution in [0.15, 0.2) is 44.7 Å². The summed E-state index contributed by atoms with van der Waals surface area (Å²) in [6.45, 7) is 0. The first-order valence-corrected chi connectivity index (χ1v) is 8.24. The largest absolute Gasteiger partial charge is 0.148 e. The van der Waals surface area contributed by atoms with E-state index in [0.29, 0.717) is 11.8 Å². The van der Waals surface area contributed by atoms with Crippen LogP contribution in [0.4, 0.5) is 0 Å². The Morgan fingerprint density at radius 3 is 2.65 bits per heavy atom. The first-order valence-electron chi connectivity index (χ1n) is 5.24. The van der Waals surface area contributed by atoms with E-state index in [1.165, 1.54) is 14.9 Å². The predicted octanol–water partition coefficient (Wildman–Crippen LogP) is 5.84. The molecule has 0 aliphatic rings. The molecule has 2 rings (SSSR count). The van der Waals surface area contributed by atoms with Crippen molar-refractivity contribution in [2.45, 2.75) is 12.3 Å². The van der Waals surface area contributed by atoms with Crippen molar-refractivity contribution in [3.63, 3.8) is 0 Å². The molecule has 0 bridgehead atoms. The fraction of sp³-hybridized carbons (Fsp3) is 0.231. The van der Waals surface area contributed by atoms with Gasteiger partial charge in [-0.25, -0.2) is 0 Å². The summed E-state index contributed by atoms with van der Waals surface area (Å²) in [4.78, 5) is 1.36. The third-order valence-corrected chi connectivity index (χ3v) is 5.44. The highest BCUT2D eigenvalue weighted by Crippen LogP contribution is 2.31. The summed E-state index contributed by atoms with van der Waals surface area (Å²) in [5.41, 5.74) is 1.29. The van der Waals surface area contributed by atoms with Gasteiger partial charge in [-0.15, -0.1) is 22.9 Å². The smallest absolute Gasteiger partial charge is 0.0314 e. The molecule has 1 aromatic heterocycles. The number of hydrogen-bond acceptors (Lipinski definition) is 1. The van der Waals surface area contributed by atoms with Gasteiger partial charge in [0.1, 0.15) is 0 Å². The van der Waals surface area contributed by atoms with Crippen LogP contribution in [-0.2, 0) is 6.42 Å². The van der Waals surface area contributed by atoms with Gasteiger partial charge < -0.3 is 0 Å². The number of hydrogen-bond donors (Lipinski definition) is 0. The molecule has 1 unspecified atom stereocenters. The Hall–Kier alpha value is 0.170. The molecule has 0 aliphatic heterocycles. The molecule has 17 heavy (non-hydrogen) atoms. The Morgan fingerprint density at radius 2 is 2.06 bits per heavy atom. The monoisotopic (exact) mass is 392 g/mol. The molecular formula is C13H11Br2ClS. The van der Waals surface area contributed by atoms with Crippen LogP contribution in [0.1, 0.15) is 16.4 Å². The number of halogens is 3. The minimum atomic E-state index is 0.365. The van der Waals surface area contributed by atoms with Crippen molar-refractivity contribution in [1.29, 1.82) is 0 Å². The lowest BCUT2D eigenvalue weighted by atomic mass is 9.97. The lowest BCUT2D eigenvalue weighted by Crippen LogP contribution is -2.04. The normalized spacial score (nSPS) is 12.6. The van der Waals surface area contributed by atoms with Crippen LogP contribution < -0.4 is 0 Å². The third kappa shape index (κ3) is 3.57. The Bertz CT molecular complexity index is 496. The zero-order valence-electron chi connectivity index (χ0n) is 9.00. The summed E-state index contributed by atoms with van der Waals surface area (Å²) in [5.74, 6) is 1.00. The van der Waals surface area contributed by atoms with Crippen molar-refractivity contribution in [2.75, 3.05) is 5.88 Å². The average Bonchev–Trinajstić information content (AvgIpc) is 2.71. The van der Waals surface area contributed by atoms with Crippen LogP contribution in [0.2, 0.25) is 0 Å². The molecule has 0 saturated carbocycles. The van der Waals surface area contributed by atoms with Crippen LogP contribution in [0, 0.1) is 0 Å². The minimum absolute atomic E-state index is 0.365. The van der Waals surface area contributed by atoms with Gasteiger partial charge in [0.15, 0.2) is 0 Å². The molecule has 1 heterocycles. The lowest BCUT2D eigenvalue weighted by Gasteiger charge is -2.14. The molecule has 0 N–H and O–H groups in total. The van der Waals surface area contributed by atoms with E-state index in [1.807, 2.05) is 6.07 Å². The lowest BCUT2D eigenvalue weighted by molar-refractivity contribution is 0.773. The van der Waals surface area contributed by atoms with Crippen LogP contribution in [0.25, 0.3) is 0 Å². The van der Waals surface area contributed by atoms with Crippen LogP contribution >= 0.6 is 54.8 Å². The minimum Gasteiger partial charge on any atom is -0.148 e. The molecular weight excluding hydrogens is 383 g/mol. The summed E-state index contributed by atoms with van der Waals surface area (Å²) in [5, 5.41) is 2.10. The maximum atomic E-state index is 6.10. The maximum absolute atomic E-state index is 6.10. The van der Waals surface area contributed by atoms with E-state index in [4.69, 9.17) is 11.6 Å². The van der Waals surface area contributed by atoms with Crippen molar-refractivity contribution < 1.29 is 0 Å². The highest BCUT2D eigenvalue weighted by Gasteiger charge is 2.14. The predicted molar refractivity (Wildman–Crippen MR) is 83.3 cm³/mol. The Morgan fingerprint density at radius 1 is 1.24 bits per heavy atom. The van der Waals surface area contributed by atoms with E-state index in [0.717, 1.165) is 10.9 Å². The summed E-state index contributed by atoms with van der Waals surface area (Å²) < 4.78 is 2.29. The van der Waals surface area contributed by atoms with E-state index >= 15 is 0 Å². The molecule has 90 valence electrons. The van der Waals surface area contributed by atoms with Gasteiger partial charge in [-0.05, 0) is 51.5 Å². The molecule has 0 aliphatic carbocycles. The van der Waals surface area contributed by atoms with Crippen molar-refractivity contribution in [1.82, 2.24) is 0 Å². The van der Waals surface area contributed by atoms with Gasteiger partial charge in [0.25, 0.3) is 0 Å². The van der Waals surface area contributed by atoms with Crippen LogP contribution in [-0.4, -0.2) is 5.88 Å². The van der Waals surface area contributed by atoms with E-state index < -0.39 is 0 Å². The molecule has 1 atom stereocenters. The first kappa shape index (κ1) is 13.6. The van der Waals surface area contributed by atoms with Gasteiger partial charge in [0.2, 0.25) is 0 Å². The Balaban J connectivity index is 2.20. The topological polar surface area (TPSA) is 0 Å². The second-order valence-electron chi connectivity index (χ2n) is 3.80. The Kier molecular flexibility index (Phi) is 5.10. The number of thiophene rings is 1.